The first-order valence-corrected chi connectivity index (χ1v) is 4.47. The van der Waals surface area contributed by atoms with Crippen molar-refractivity contribution in [1.82, 2.24) is 0 Å². The number of hydrogen-bond donors (Lipinski definition) is 1. The zero-order valence-electron chi connectivity index (χ0n) is 7.86. The first-order valence-electron chi connectivity index (χ1n) is 4.47. The summed E-state index contributed by atoms with van der Waals surface area (Å²) in [4.78, 5) is 0. The van der Waals surface area contributed by atoms with Crippen LogP contribution in [-0.2, 0) is 6.42 Å². The average molecular weight is 179 g/mol. The van der Waals surface area contributed by atoms with Crippen LogP contribution in [0.25, 0.3) is 0 Å². The number of benzene rings is 1. The fraction of sp³-hybridized carbons (Fsp3) is 0.364. The Kier molecular flexibility index (Phi) is 4.33. The van der Waals surface area contributed by atoms with Crippen LogP contribution in [0, 0.1) is 6.42 Å². The molecule has 71 valence electrons. The van der Waals surface area contributed by atoms with Crippen molar-refractivity contribution in [3.8, 4) is 5.75 Å². The molecule has 0 aromatic heterocycles. The summed E-state index contributed by atoms with van der Waals surface area (Å²) in [5.41, 5.74) is 1.23. The number of aliphatic hydroxyl groups excluding tert-OH is 1. The number of ether oxygens (including phenoxy) is 1. The average Bonchev–Trinajstić information content (AvgIpc) is 2.16. The lowest BCUT2D eigenvalue weighted by atomic mass is 10.1. The van der Waals surface area contributed by atoms with Gasteiger partial charge in [0, 0.05) is 0 Å². The lowest BCUT2D eigenvalue weighted by Gasteiger charge is -2.05. The third kappa shape index (κ3) is 3.47. The lowest BCUT2D eigenvalue weighted by molar-refractivity contribution is 0.201. The highest BCUT2D eigenvalue weighted by Gasteiger charge is 1.95. The molecular weight excluding hydrogens is 164 g/mol. The van der Waals surface area contributed by atoms with Gasteiger partial charge >= 0.3 is 0 Å². The molecular formula is C11H15O2. The summed E-state index contributed by atoms with van der Waals surface area (Å²) in [6.07, 6.45) is 3.06. The normalized spacial score (nSPS) is 10.0. The van der Waals surface area contributed by atoms with Gasteiger partial charge in [-0.25, -0.2) is 0 Å². The molecule has 0 aliphatic carbocycles. The number of rotatable bonds is 5. The molecule has 1 aromatic rings. The van der Waals surface area contributed by atoms with Gasteiger partial charge in [-0.1, -0.05) is 19.1 Å². The quantitative estimate of drug-likeness (QED) is 0.747. The van der Waals surface area contributed by atoms with Gasteiger partial charge in [0.05, 0.1) is 6.61 Å². The second-order valence-corrected chi connectivity index (χ2v) is 2.83. The van der Waals surface area contributed by atoms with E-state index in [9.17, 15) is 0 Å². The summed E-state index contributed by atoms with van der Waals surface area (Å²) in [6, 6.07) is 7.92. The molecule has 0 fully saturated rings. The third-order valence-corrected chi connectivity index (χ3v) is 1.70. The molecule has 0 spiro atoms. The monoisotopic (exact) mass is 179 g/mol. The molecule has 1 radical (unpaired) electrons. The minimum absolute atomic E-state index is 0.0597. The Balaban J connectivity index is 2.56. The molecule has 0 saturated heterocycles. The van der Waals surface area contributed by atoms with Crippen molar-refractivity contribution >= 4 is 0 Å². The summed E-state index contributed by atoms with van der Waals surface area (Å²) in [7, 11) is 0. The van der Waals surface area contributed by atoms with Crippen molar-refractivity contribution in [3.63, 3.8) is 0 Å². The van der Waals surface area contributed by atoms with Gasteiger partial charge < -0.3 is 9.84 Å². The largest absolute Gasteiger partial charge is 0.491 e. The topological polar surface area (TPSA) is 29.5 Å². The molecule has 1 aromatic carbocycles. The maximum Gasteiger partial charge on any atom is 0.119 e. The Bertz CT molecular complexity index is 246. The van der Waals surface area contributed by atoms with Gasteiger partial charge in [0.25, 0.3) is 0 Å². The summed E-state index contributed by atoms with van der Waals surface area (Å²) in [6.45, 7) is 2.45. The Hall–Kier alpha value is -1.02. The molecule has 0 aliphatic heterocycles. The predicted molar refractivity (Wildman–Crippen MR) is 52.7 cm³/mol. The van der Waals surface area contributed by atoms with Crippen molar-refractivity contribution in [2.24, 2.45) is 0 Å². The van der Waals surface area contributed by atoms with E-state index >= 15 is 0 Å². The van der Waals surface area contributed by atoms with Crippen molar-refractivity contribution < 1.29 is 9.84 Å². The summed E-state index contributed by atoms with van der Waals surface area (Å²) in [5, 5.41) is 8.57. The van der Waals surface area contributed by atoms with Crippen molar-refractivity contribution in [1.29, 1.82) is 0 Å². The molecule has 0 bridgehead atoms. The molecule has 0 atom stereocenters. The Morgan fingerprint density at radius 3 is 3.00 bits per heavy atom. The smallest absolute Gasteiger partial charge is 0.119 e. The Morgan fingerprint density at radius 2 is 2.31 bits per heavy atom. The molecule has 1 rings (SSSR count). The van der Waals surface area contributed by atoms with Crippen LogP contribution in [0.1, 0.15) is 12.5 Å². The highest BCUT2D eigenvalue weighted by atomic mass is 16.5. The van der Waals surface area contributed by atoms with Crippen LogP contribution in [-0.4, -0.2) is 18.3 Å². The minimum atomic E-state index is 0.0597. The summed E-state index contributed by atoms with van der Waals surface area (Å²) < 4.78 is 5.28. The van der Waals surface area contributed by atoms with Gasteiger partial charge in [-0.05, 0) is 30.5 Å². The number of hydrogen-bond acceptors (Lipinski definition) is 2. The molecule has 2 nitrogen and oxygen atoms in total. The summed E-state index contributed by atoms with van der Waals surface area (Å²) in [5.74, 6) is 0.827. The molecule has 0 aliphatic rings. The molecule has 13 heavy (non-hydrogen) atoms. The van der Waals surface area contributed by atoms with Crippen LogP contribution >= 0.6 is 0 Å². The van der Waals surface area contributed by atoms with Gasteiger partial charge in [-0.15, -0.1) is 0 Å². The van der Waals surface area contributed by atoms with Crippen molar-refractivity contribution in [2.45, 2.75) is 13.3 Å². The van der Waals surface area contributed by atoms with E-state index in [0.717, 1.165) is 12.2 Å². The molecule has 1 N–H and O–H groups in total. The standard InChI is InChI=1S/C11H15O2/c1-2-4-10-5-3-6-11(9-10)13-8-7-12/h2-3,5-6,9,12H,4,7-8H2,1H3. The van der Waals surface area contributed by atoms with E-state index in [0.29, 0.717) is 6.61 Å². The van der Waals surface area contributed by atoms with E-state index in [-0.39, 0.29) is 6.61 Å². The van der Waals surface area contributed by atoms with E-state index in [1.54, 1.807) is 0 Å². The lowest BCUT2D eigenvalue weighted by Crippen LogP contribution is -2.01. The third-order valence-electron chi connectivity index (χ3n) is 1.70. The number of aliphatic hydroxyl groups is 1. The fourth-order valence-corrected chi connectivity index (χ4v) is 1.16. The predicted octanol–water partition coefficient (Wildman–Crippen LogP) is 1.82. The van der Waals surface area contributed by atoms with E-state index in [2.05, 4.69) is 12.5 Å². The zero-order chi connectivity index (χ0) is 9.52. The maximum absolute atomic E-state index is 8.57. The zero-order valence-corrected chi connectivity index (χ0v) is 7.86. The first-order chi connectivity index (χ1) is 6.36. The van der Waals surface area contributed by atoms with Crippen LogP contribution in [0.15, 0.2) is 24.3 Å². The first kappa shape index (κ1) is 10.1. The second-order valence-electron chi connectivity index (χ2n) is 2.83. The molecule has 2 heteroatoms. The second kappa shape index (κ2) is 5.60. The van der Waals surface area contributed by atoms with E-state index in [4.69, 9.17) is 9.84 Å². The van der Waals surface area contributed by atoms with Gasteiger partial charge in [-0.2, -0.15) is 0 Å². The molecule has 0 amide bonds. The Labute approximate surface area is 79.2 Å². The van der Waals surface area contributed by atoms with Gasteiger partial charge in [0.2, 0.25) is 0 Å². The maximum atomic E-state index is 8.57. The van der Waals surface area contributed by atoms with Crippen molar-refractivity contribution in [2.75, 3.05) is 13.2 Å². The SMILES string of the molecule is C[CH]Cc1cccc(OCCO)c1. The highest BCUT2D eigenvalue weighted by molar-refractivity contribution is 5.29. The molecule has 0 unspecified atom stereocenters. The van der Waals surface area contributed by atoms with Gasteiger partial charge in [-0.3, -0.25) is 0 Å². The van der Waals surface area contributed by atoms with Crippen LogP contribution in [0.3, 0.4) is 0 Å². The van der Waals surface area contributed by atoms with Crippen LogP contribution in [0.4, 0.5) is 0 Å². The van der Waals surface area contributed by atoms with E-state index in [1.165, 1.54) is 5.56 Å². The van der Waals surface area contributed by atoms with Crippen LogP contribution in [0.2, 0.25) is 0 Å². The van der Waals surface area contributed by atoms with Gasteiger partial charge in [0.1, 0.15) is 12.4 Å². The fourth-order valence-electron chi connectivity index (χ4n) is 1.16. The highest BCUT2D eigenvalue weighted by Crippen LogP contribution is 2.13. The van der Waals surface area contributed by atoms with Crippen molar-refractivity contribution in [3.05, 3.63) is 36.2 Å². The van der Waals surface area contributed by atoms with E-state index < -0.39 is 0 Å². The summed E-state index contributed by atoms with van der Waals surface area (Å²) >= 11 is 0. The van der Waals surface area contributed by atoms with Crippen LogP contribution in [0.5, 0.6) is 5.75 Å². The van der Waals surface area contributed by atoms with Crippen LogP contribution < -0.4 is 4.74 Å². The molecule has 0 saturated carbocycles. The molecule has 0 heterocycles. The van der Waals surface area contributed by atoms with E-state index in [1.807, 2.05) is 25.1 Å². The minimum Gasteiger partial charge on any atom is -0.491 e. The van der Waals surface area contributed by atoms with Gasteiger partial charge in [0.15, 0.2) is 0 Å². The Morgan fingerprint density at radius 1 is 1.46 bits per heavy atom.